The number of nitrogens with zero attached hydrogens (tertiary/aromatic N) is 4. The Morgan fingerprint density at radius 3 is 2.76 bits per heavy atom. The number of carbonyl (C=O) groups is 1. The molecular weight excluding hydrogens is 504 g/mol. The molecule has 0 spiro atoms. The maximum atomic E-state index is 12.4. The van der Waals surface area contributed by atoms with E-state index < -0.39 is 5.91 Å². The van der Waals surface area contributed by atoms with Crippen LogP contribution in [0.4, 0.5) is 17.1 Å². The largest absolute Gasteiger partial charge is 0.506 e. The number of phenols is 1. The van der Waals surface area contributed by atoms with Crippen molar-refractivity contribution in [3.8, 4) is 17.6 Å². The normalized spacial score (nSPS) is 11.0. The lowest BCUT2D eigenvalue weighted by Crippen LogP contribution is -2.13. The predicted octanol–water partition coefficient (Wildman–Crippen LogP) is 5.24. The van der Waals surface area contributed by atoms with Gasteiger partial charge in [0.25, 0.3) is 0 Å². The third-order valence-electron chi connectivity index (χ3n) is 5.41. The third kappa shape index (κ3) is 6.56. The summed E-state index contributed by atoms with van der Waals surface area (Å²) < 4.78 is 5.79. The summed E-state index contributed by atoms with van der Waals surface area (Å²) in [6.07, 6.45) is 6.21. The molecule has 38 heavy (non-hydrogen) atoms. The van der Waals surface area contributed by atoms with E-state index in [0.717, 1.165) is 5.69 Å². The first-order chi connectivity index (χ1) is 18.3. The van der Waals surface area contributed by atoms with E-state index in [1.165, 1.54) is 18.3 Å². The van der Waals surface area contributed by atoms with Crippen molar-refractivity contribution < 1.29 is 14.6 Å². The number of halogens is 1. The van der Waals surface area contributed by atoms with Crippen LogP contribution in [-0.2, 0) is 11.4 Å². The van der Waals surface area contributed by atoms with Gasteiger partial charge in [-0.2, -0.15) is 5.26 Å². The molecule has 0 atom stereocenters. The number of nitriles is 1. The first kappa shape index (κ1) is 26.4. The maximum Gasteiger partial charge on any atom is 0.248 e. The van der Waals surface area contributed by atoms with Gasteiger partial charge in [-0.1, -0.05) is 23.7 Å². The molecular formula is C28H25ClN6O3. The highest BCUT2D eigenvalue weighted by atomic mass is 35.5. The fourth-order valence-electron chi connectivity index (χ4n) is 3.57. The zero-order chi connectivity index (χ0) is 27.1. The first-order valence-corrected chi connectivity index (χ1v) is 12.0. The molecule has 0 saturated carbocycles. The minimum absolute atomic E-state index is 0.146. The van der Waals surface area contributed by atoms with Crippen LogP contribution in [0.3, 0.4) is 0 Å². The lowest BCUT2D eigenvalue weighted by Gasteiger charge is -2.15. The van der Waals surface area contributed by atoms with Crippen molar-refractivity contribution in [2.24, 2.45) is 0 Å². The number of likely N-dealkylation sites (N-methyl/N-ethyl adjacent to an activating group) is 1. The van der Waals surface area contributed by atoms with Gasteiger partial charge < -0.3 is 25.4 Å². The summed E-state index contributed by atoms with van der Waals surface area (Å²) in [7, 11) is 3.78. The number of ether oxygens (including phenoxy) is 1. The molecule has 0 bridgehead atoms. The minimum atomic E-state index is -0.395. The van der Waals surface area contributed by atoms with Crippen LogP contribution >= 0.6 is 11.6 Å². The van der Waals surface area contributed by atoms with E-state index in [-0.39, 0.29) is 23.6 Å². The Hall–Kier alpha value is -4.65. The zero-order valence-corrected chi connectivity index (χ0v) is 21.5. The molecule has 9 nitrogen and oxygen atoms in total. The van der Waals surface area contributed by atoms with E-state index in [0.29, 0.717) is 39.6 Å². The molecule has 1 amide bonds. The average molecular weight is 529 g/mol. The Balaban J connectivity index is 1.60. The minimum Gasteiger partial charge on any atom is -0.506 e. The van der Waals surface area contributed by atoms with Crippen molar-refractivity contribution in [2.75, 3.05) is 31.3 Å². The molecule has 4 rings (SSSR count). The Morgan fingerprint density at radius 1 is 1.21 bits per heavy atom. The van der Waals surface area contributed by atoms with Crippen LogP contribution in [0.5, 0.6) is 11.5 Å². The van der Waals surface area contributed by atoms with E-state index >= 15 is 0 Å². The molecule has 4 aromatic rings. The molecule has 2 aromatic heterocycles. The number of carbonyl (C=O) groups excluding carboxylic acids is 1. The number of phenolic OH excluding ortho intramolecular Hbond substituents is 1. The third-order valence-corrected chi connectivity index (χ3v) is 5.70. The summed E-state index contributed by atoms with van der Waals surface area (Å²) in [4.78, 5) is 22.8. The molecule has 2 heterocycles. The monoisotopic (exact) mass is 528 g/mol. The van der Waals surface area contributed by atoms with Crippen molar-refractivity contribution in [3.05, 3.63) is 89.4 Å². The van der Waals surface area contributed by atoms with Gasteiger partial charge in [0, 0.05) is 42.2 Å². The van der Waals surface area contributed by atoms with Crippen molar-refractivity contribution >= 4 is 45.5 Å². The lowest BCUT2D eigenvalue weighted by atomic mass is 10.1. The summed E-state index contributed by atoms with van der Waals surface area (Å²) in [5.74, 6) is -0.0545. The molecule has 0 aliphatic heterocycles. The molecule has 192 valence electrons. The number of nitrogens with one attached hydrogen (secondary N) is 2. The van der Waals surface area contributed by atoms with E-state index in [1.807, 2.05) is 37.2 Å². The van der Waals surface area contributed by atoms with E-state index in [4.69, 9.17) is 16.3 Å². The Morgan fingerprint density at radius 2 is 2.05 bits per heavy atom. The second-order valence-electron chi connectivity index (χ2n) is 8.58. The highest BCUT2D eigenvalue weighted by molar-refractivity contribution is 6.32. The van der Waals surface area contributed by atoms with Gasteiger partial charge in [0.2, 0.25) is 5.91 Å². The first-order valence-electron chi connectivity index (χ1n) is 11.6. The number of fused-ring (bicyclic) bond motifs is 1. The van der Waals surface area contributed by atoms with Crippen molar-refractivity contribution in [2.45, 2.75) is 6.61 Å². The molecule has 2 aromatic carbocycles. The predicted molar refractivity (Wildman–Crippen MR) is 148 cm³/mol. The Labute approximate surface area is 225 Å². The summed E-state index contributed by atoms with van der Waals surface area (Å²) in [6, 6.07) is 15.9. The van der Waals surface area contributed by atoms with Gasteiger partial charge >= 0.3 is 0 Å². The number of aromatic hydroxyl groups is 1. The van der Waals surface area contributed by atoms with Gasteiger partial charge in [0.1, 0.15) is 24.2 Å². The quantitative estimate of drug-likeness (QED) is 0.199. The number of hydrogen-bond acceptors (Lipinski definition) is 8. The van der Waals surface area contributed by atoms with Crippen LogP contribution in [-0.4, -0.2) is 46.5 Å². The van der Waals surface area contributed by atoms with Crippen molar-refractivity contribution in [3.63, 3.8) is 0 Å². The number of amides is 1. The summed E-state index contributed by atoms with van der Waals surface area (Å²) in [5, 5.41) is 27.0. The van der Waals surface area contributed by atoms with Gasteiger partial charge in [0.15, 0.2) is 0 Å². The number of aromatic nitrogens is 2. The topological polar surface area (TPSA) is 123 Å². The number of benzene rings is 2. The molecule has 0 aliphatic rings. The average Bonchev–Trinajstić information content (AvgIpc) is 2.89. The van der Waals surface area contributed by atoms with E-state index in [2.05, 4.69) is 26.7 Å². The number of rotatable bonds is 9. The zero-order valence-electron chi connectivity index (χ0n) is 20.8. The molecule has 0 aliphatic carbocycles. The smallest absolute Gasteiger partial charge is 0.248 e. The molecule has 0 saturated heterocycles. The fraction of sp³-hybridized carbons (Fsp3) is 0.143. The summed E-state index contributed by atoms with van der Waals surface area (Å²) in [5.41, 5.74) is 2.73. The number of pyridine rings is 2. The Bertz CT molecular complexity index is 1530. The van der Waals surface area contributed by atoms with Crippen LogP contribution in [0.2, 0.25) is 5.02 Å². The molecule has 3 N–H and O–H groups in total. The SMILES string of the molecule is CN(C)C/C=C/C(=O)Nc1cc2c(Nc3ccc(OCc4ccccn4)c(Cl)c3)c(C#N)cnc2cc1O. The van der Waals surface area contributed by atoms with Gasteiger partial charge in [-0.25, -0.2) is 0 Å². The number of anilines is 3. The van der Waals surface area contributed by atoms with Gasteiger partial charge in [-0.05, 0) is 50.5 Å². The van der Waals surface area contributed by atoms with Crippen LogP contribution in [0.1, 0.15) is 11.3 Å². The van der Waals surface area contributed by atoms with E-state index in [9.17, 15) is 15.2 Å². The van der Waals surface area contributed by atoms with Gasteiger partial charge in [-0.15, -0.1) is 0 Å². The standard InChI is InChI=1S/C28H25ClN6O3/c1-35(2)11-5-7-27(37)34-24-13-21-23(14-25(24)36)32-16-18(15-30)28(21)33-19-8-9-26(22(29)12-19)38-17-20-6-3-4-10-31-20/h3-10,12-14,16,36H,11,17H2,1-2H3,(H,32,33)(H,34,37)/b7-5+. The van der Waals surface area contributed by atoms with E-state index in [1.54, 1.807) is 36.5 Å². The molecule has 0 fully saturated rings. The second-order valence-corrected chi connectivity index (χ2v) is 8.99. The molecule has 0 unspecified atom stereocenters. The molecule has 0 radical (unpaired) electrons. The van der Waals surface area contributed by atoms with Crippen molar-refractivity contribution in [1.82, 2.24) is 14.9 Å². The van der Waals surface area contributed by atoms with Crippen LogP contribution in [0, 0.1) is 11.3 Å². The van der Waals surface area contributed by atoms with Crippen molar-refractivity contribution in [1.29, 1.82) is 5.26 Å². The van der Waals surface area contributed by atoms with Gasteiger partial charge in [-0.3, -0.25) is 14.8 Å². The fourth-order valence-corrected chi connectivity index (χ4v) is 3.80. The van der Waals surface area contributed by atoms with Gasteiger partial charge in [0.05, 0.1) is 33.2 Å². The highest BCUT2D eigenvalue weighted by Gasteiger charge is 2.15. The summed E-state index contributed by atoms with van der Waals surface area (Å²) in [6.45, 7) is 0.861. The molecule has 10 heteroatoms. The highest BCUT2D eigenvalue weighted by Crippen LogP contribution is 2.36. The van der Waals surface area contributed by atoms with Crippen LogP contribution in [0.15, 0.2) is 73.1 Å². The number of hydrogen-bond donors (Lipinski definition) is 3. The maximum absolute atomic E-state index is 12.4. The second kappa shape index (κ2) is 12.1. The lowest BCUT2D eigenvalue weighted by molar-refractivity contribution is -0.111. The van der Waals surface area contributed by atoms with Crippen LogP contribution in [0.25, 0.3) is 10.9 Å². The summed E-state index contributed by atoms with van der Waals surface area (Å²) >= 11 is 6.47. The van der Waals surface area contributed by atoms with Crippen LogP contribution < -0.4 is 15.4 Å². The Kier molecular flexibility index (Phi) is 8.38.